The number of ether oxygens (including phenoxy) is 1. The number of nitrogens with zero attached hydrogens (tertiary/aromatic N) is 2. The van der Waals surface area contributed by atoms with Crippen molar-refractivity contribution in [1.82, 2.24) is 4.98 Å². The minimum atomic E-state index is 0. The maximum atomic E-state index is 12.9. The second kappa shape index (κ2) is 21.1. The molecular formula is C36H51BrN2O2. The van der Waals surface area contributed by atoms with Crippen molar-refractivity contribution in [3.63, 3.8) is 0 Å². The van der Waals surface area contributed by atoms with E-state index in [-0.39, 0.29) is 22.9 Å². The molecule has 0 radical (unpaired) electrons. The molecule has 0 N–H and O–H groups in total. The van der Waals surface area contributed by atoms with Gasteiger partial charge < -0.3 is 9.64 Å². The Kier molecular flexibility index (Phi) is 17.8. The zero-order valence-electron chi connectivity index (χ0n) is 25.4. The number of unbranched alkanes of at least 4 members (excludes halogenated alkanes) is 11. The number of halogens is 1. The number of aromatic nitrogens is 1. The highest BCUT2D eigenvalue weighted by atomic mass is 79.9. The van der Waals surface area contributed by atoms with Crippen LogP contribution < -0.4 is 9.64 Å². The van der Waals surface area contributed by atoms with Gasteiger partial charge in [-0.25, -0.2) is 0 Å². The van der Waals surface area contributed by atoms with E-state index < -0.39 is 0 Å². The molecule has 0 saturated carbocycles. The molecule has 1 aromatic heterocycles. The van der Waals surface area contributed by atoms with Crippen LogP contribution >= 0.6 is 17.0 Å². The Hall–Kier alpha value is -2.66. The maximum absolute atomic E-state index is 12.9. The molecule has 41 heavy (non-hydrogen) atoms. The fourth-order valence-corrected chi connectivity index (χ4v) is 5.09. The van der Waals surface area contributed by atoms with Gasteiger partial charge in [0.1, 0.15) is 5.75 Å². The number of rotatable bonds is 20. The minimum absolute atomic E-state index is 0. The number of carbonyl (C=O) groups is 1. The van der Waals surface area contributed by atoms with Gasteiger partial charge in [-0.05, 0) is 59.9 Å². The van der Waals surface area contributed by atoms with Gasteiger partial charge in [-0.15, -0.1) is 17.0 Å². The summed E-state index contributed by atoms with van der Waals surface area (Å²) in [5.74, 6) is 1.02. The molecular weight excluding hydrogens is 572 g/mol. The van der Waals surface area contributed by atoms with Crippen molar-refractivity contribution in [2.24, 2.45) is 0 Å². The Labute approximate surface area is 259 Å². The highest BCUT2D eigenvalue weighted by Gasteiger charge is 2.15. The number of pyridine rings is 1. The van der Waals surface area contributed by atoms with Gasteiger partial charge in [0.05, 0.1) is 13.2 Å². The van der Waals surface area contributed by atoms with Gasteiger partial charge in [0, 0.05) is 24.5 Å². The topological polar surface area (TPSA) is 42.4 Å². The van der Waals surface area contributed by atoms with E-state index in [1.165, 1.54) is 76.2 Å². The van der Waals surface area contributed by atoms with Crippen molar-refractivity contribution in [2.75, 3.05) is 11.5 Å². The molecule has 4 nitrogen and oxygen atoms in total. The predicted molar refractivity (Wildman–Crippen MR) is 178 cm³/mol. The third-order valence-corrected chi connectivity index (χ3v) is 7.49. The summed E-state index contributed by atoms with van der Waals surface area (Å²) in [4.78, 5) is 19.0. The van der Waals surface area contributed by atoms with Crippen LogP contribution in [0.15, 0.2) is 73.1 Å². The molecule has 0 saturated heterocycles. The average molecular weight is 624 g/mol. The molecule has 224 valence electrons. The Morgan fingerprint density at radius 2 is 1.37 bits per heavy atom. The zero-order valence-corrected chi connectivity index (χ0v) is 27.1. The molecule has 0 aliphatic rings. The van der Waals surface area contributed by atoms with E-state index in [4.69, 9.17) is 4.74 Å². The quantitative estimate of drug-likeness (QED) is 0.118. The largest absolute Gasteiger partial charge is 0.494 e. The first kappa shape index (κ1) is 34.5. The summed E-state index contributed by atoms with van der Waals surface area (Å²) in [5, 5.41) is 0. The fourth-order valence-electron chi connectivity index (χ4n) is 5.09. The Morgan fingerprint density at radius 1 is 0.732 bits per heavy atom. The molecule has 0 aliphatic carbocycles. The van der Waals surface area contributed by atoms with Crippen LogP contribution in [0.5, 0.6) is 5.75 Å². The lowest BCUT2D eigenvalue weighted by Gasteiger charge is -2.23. The lowest BCUT2D eigenvalue weighted by molar-refractivity contribution is -0.118. The fraction of sp³-hybridized carbons (Fsp3) is 0.500. The number of hydrogen-bond donors (Lipinski definition) is 0. The second-order valence-corrected chi connectivity index (χ2v) is 10.9. The van der Waals surface area contributed by atoms with Gasteiger partial charge in [0.15, 0.2) is 0 Å². The summed E-state index contributed by atoms with van der Waals surface area (Å²) in [6.07, 6.45) is 21.1. The number of hydrogen-bond acceptors (Lipinski definition) is 3. The summed E-state index contributed by atoms with van der Waals surface area (Å²) >= 11 is 0. The molecule has 5 heteroatoms. The van der Waals surface area contributed by atoms with Gasteiger partial charge >= 0.3 is 0 Å². The zero-order chi connectivity index (χ0) is 28.3. The Balaban J connectivity index is 0.00000588. The van der Waals surface area contributed by atoms with Crippen molar-refractivity contribution < 1.29 is 9.53 Å². The molecule has 2 aromatic carbocycles. The molecule has 1 amide bonds. The average Bonchev–Trinajstić information content (AvgIpc) is 2.99. The Morgan fingerprint density at radius 3 is 1.98 bits per heavy atom. The van der Waals surface area contributed by atoms with Crippen LogP contribution in [-0.4, -0.2) is 17.5 Å². The van der Waals surface area contributed by atoms with Crippen LogP contribution in [0.3, 0.4) is 0 Å². The summed E-state index contributed by atoms with van der Waals surface area (Å²) in [6, 6.07) is 20.5. The van der Waals surface area contributed by atoms with E-state index in [0.29, 0.717) is 13.0 Å². The molecule has 0 spiro atoms. The molecule has 0 atom stereocenters. The monoisotopic (exact) mass is 622 g/mol. The highest BCUT2D eigenvalue weighted by molar-refractivity contribution is 8.93. The molecule has 0 unspecified atom stereocenters. The summed E-state index contributed by atoms with van der Waals surface area (Å²) < 4.78 is 6.00. The predicted octanol–water partition coefficient (Wildman–Crippen LogP) is 10.3. The van der Waals surface area contributed by atoms with E-state index in [9.17, 15) is 4.79 Å². The lowest BCUT2D eigenvalue weighted by Crippen LogP contribution is -2.29. The van der Waals surface area contributed by atoms with Gasteiger partial charge in [0.2, 0.25) is 5.91 Å². The van der Waals surface area contributed by atoms with E-state index in [2.05, 4.69) is 42.2 Å². The maximum Gasteiger partial charge on any atom is 0.227 e. The second-order valence-electron chi connectivity index (χ2n) is 10.9. The van der Waals surface area contributed by atoms with Crippen molar-refractivity contribution in [3.05, 3.63) is 89.7 Å². The lowest BCUT2D eigenvalue weighted by atomic mass is 10.1. The summed E-state index contributed by atoms with van der Waals surface area (Å²) in [5.41, 5.74) is 4.35. The van der Waals surface area contributed by atoms with Crippen LogP contribution in [0.4, 0.5) is 5.69 Å². The third-order valence-electron chi connectivity index (χ3n) is 7.49. The normalized spacial score (nSPS) is 10.7. The van der Waals surface area contributed by atoms with Crippen LogP contribution in [0.25, 0.3) is 0 Å². The van der Waals surface area contributed by atoms with Crippen molar-refractivity contribution in [2.45, 2.75) is 110 Å². The molecule has 0 fully saturated rings. The standard InChI is InChI=1S/C36H50N2O2.BrH/c1-3-5-6-7-8-9-10-11-12-13-14-15-26-40-35-23-21-31(22-24-35)30-38(36(39)4-2)34-20-16-18-32(28-34)27-33-19-17-25-37-29-33;/h16-25,28-29H,3-15,26-27,30H2,1-2H3;1H. The molecule has 0 bridgehead atoms. The van der Waals surface area contributed by atoms with E-state index in [1.54, 1.807) is 6.20 Å². The van der Waals surface area contributed by atoms with Gasteiger partial charge in [0.25, 0.3) is 0 Å². The van der Waals surface area contributed by atoms with Crippen LogP contribution in [0.2, 0.25) is 0 Å². The van der Waals surface area contributed by atoms with Gasteiger partial charge in [-0.1, -0.05) is 115 Å². The summed E-state index contributed by atoms with van der Waals surface area (Å²) in [6.45, 7) is 5.50. The van der Waals surface area contributed by atoms with E-state index >= 15 is 0 Å². The molecule has 3 rings (SSSR count). The number of carbonyl (C=O) groups excluding carboxylic acids is 1. The minimum Gasteiger partial charge on any atom is -0.494 e. The van der Waals surface area contributed by atoms with Crippen LogP contribution in [-0.2, 0) is 17.8 Å². The SMILES string of the molecule is Br.CCCCCCCCCCCCCCOc1ccc(CN(C(=O)CC)c2cccc(Cc3cccnc3)c2)cc1. The van der Waals surface area contributed by atoms with Gasteiger partial charge in [-0.3, -0.25) is 9.78 Å². The molecule has 0 aliphatic heterocycles. The first-order valence-electron chi connectivity index (χ1n) is 15.7. The van der Waals surface area contributed by atoms with Crippen LogP contribution in [0.1, 0.15) is 114 Å². The van der Waals surface area contributed by atoms with Crippen molar-refractivity contribution in [3.8, 4) is 5.75 Å². The Bertz CT molecular complexity index is 1090. The van der Waals surface area contributed by atoms with E-state index in [1.807, 2.05) is 48.4 Å². The summed E-state index contributed by atoms with van der Waals surface area (Å²) in [7, 11) is 0. The van der Waals surface area contributed by atoms with Crippen LogP contribution in [0, 0.1) is 0 Å². The highest BCUT2D eigenvalue weighted by Crippen LogP contribution is 2.23. The first-order valence-corrected chi connectivity index (χ1v) is 15.7. The number of benzene rings is 2. The van der Waals surface area contributed by atoms with E-state index in [0.717, 1.165) is 42.0 Å². The van der Waals surface area contributed by atoms with Crippen molar-refractivity contribution in [1.29, 1.82) is 0 Å². The van der Waals surface area contributed by atoms with Gasteiger partial charge in [-0.2, -0.15) is 0 Å². The van der Waals surface area contributed by atoms with Crippen molar-refractivity contribution >= 4 is 28.6 Å². The smallest absolute Gasteiger partial charge is 0.227 e. The first-order chi connectivity index (χ1) is 19.7. The third kappa shape index (κ3) is 13.7. The number of amides is 1. The molecule has 3 aromatic rings. The molecule has 1 heterocycles. The number of anilines is 1.